The van der Waals surface area contributed by atoms with Gasteiger partial charge in [0.2, 0.25) is 0 Å². The Balaban J connectivity index is 0.000000472. The number of hydrogen-bond donors (Lipinski definition) is 0. The lowest BCUT2D eigenvalue weighted by Crippen LogP contribution is -2.37. The van der Waals surface area contributed by atoms with E-state index in [1.54, 1.807) is 0 Å². The number of hydrogen-bond acceptors (Lipinski definition) is 3. The third kappa shape index (κ3) is 8.70. The molecule has 1 aromatic rings. The molecule has 0 atom stereocenters. The van der Waals surface area contributed by atoms with Crippen molar-refractivity contribution in [1.82, 2.24) is 0 Å². The number of pyridine rings is 1. The zero-order valence-electron chi connectivity index (χ0n) is 13.2. The van der Waals surface area contributed by atoms with E-state index >= 15 is 0 Å². The van der Waals surface area contributed by atoms with Gasteiger partial charge in [0, 0.05) is 18.1 Å². The van der Waals surface area contributed by atoms with E-state index in [9.17, 15) is 39.9 Å². The van der Waals surface area contributed by atoms with Gasteiger partial charge in [-0.05, 0) is 13.0 Å². The van der Waals surface area contributed by atoms with E-state index in [2.05, 4.69) is 42.9 Å². The second-order valence-electron chi connectivity index (χ2n) is 4.79. The molecule has 0 aliphatic rings. The Kier molecular flexibility index (Phi) is 8.35. The van der Waals surface area contributed by atoms with Gasteiger partial charge in [0.05, 0.1) is 5.90 Å². The maximum atomic E-state index is 11.4. The van der Waals surface area contributed by atoms with Gasteiger partial charge < -0.3 is 5.11 Å². The molecular weight excluding hydrogens is 378 g/mol. The van der Waals surface area contributed by atoms with Crippen LogP contribution < -0.4 is 9.67 Å². The molecular formula is C13H16F6N2O3S. The number of sulfonamides is 1. The Hall–Kier alpha value is -1.85. The minimum absolute atomic E-state index is 1.03. The Labute approximate surface area is 140 Å². The molecule has 0 spiro atoms. The van der Waals surface area contributed by atoms with E-state index < -0.39 is 27.6 Å². The number of alkyl halides is 6. The molecule has 0 unspecified atom stereocenters. The summed E-state index contributed by atoms with van der Waals surface area (Å²) in [5, 5.41) is 9.76. The maximum Gasteiger partial charge on any atom is 0.518 e. The minimum Gasteiger partial charge on any atom is -0.855 e. The van der Waals surface area contributed by atoms with Crippen LogP contribution in [-0.2, 0) is 16.6 Å². The molecule has 0 aliphatic carbocycles. The maximum absolute atomic E-state index is 11.4. The van der Waals surface area contributed by atoms with Crippen molar-refractivity contribution in [3.63, 3.8) is 0 Å². The van der Waals surface area contributed by atoms with Gasteiger partial charge in [-0.3, -0.25) is 0 Å². The van der Waals surface area contributed by atoms with Crippen LogP contribution in [0.1, 0.15) is 25.3 Å². The fourth-order valence-electron chi connectivity index (χ4n) is 1.35. The van der Waals surface area contributed by atoms with Crippen molar-refractivity contribution in [2.45, 2.75) is 44.9 Å². The van der Waals surface area contributed by atoms with Crippen LogP contribution in [0.15, 0.2) is 28.9 Å². The molecule has 0 aliphatic heterocycles. The van der Waals surface area contributed by atoms with Crippen LogP contribution in [0.2, 0.25) is 0 Å². The molecule has 1 rings (SSSR count). The Morgan fingerprint density at radius 3 is 2.20 bits per heavy atom. The minimum atomic E-state index is -6.42. The summed E-state index contributed by atoms with van der Waals surface area (Å²) in [4.78, 5) is 0. The summed E-state index contributed by atoms with van der Waals surface area (Å²) in [6, 6.07) is 4.23. The molecule has 5 nitrogen and oxygen atoms in total. The highest BCUT2D eigenvalue weighted by Gasteiger charge is 2.47. The summed E-state index contributed by atoms with van der Waals surface area (Å²) < 4.78 is 91.1. The molecule has 0 amide bonds. The van der Waals surface area contributed by atoms with Crippen LogP contribution in [0.3, 0.4) is 0 Å². The van der Waals surface area contributed by atoms with Crippen molar-refractivity contribution in [1.29, 1.82) is 0 Å². The van der Waals surface area contributed by atoms with E-state index in [-0.39, 0.29) is 0 Å². The first-order valence-electron chi connectivity index (χ1n) is 6.82. The van der Waals surface area contributed by atoms with Crippen molar-refractivity contribution in [3.05, 3.63) is 30.1 Å². The predicted octanol–water partition coefficient (Wildman–Crippen LogP) is 2.24. The first kappa shape index (κ1) is 23.1. The van der Waals surface area contributed by atoms with Gasteiger partial charge in [0.15, 0.2) is 12.4 Å². The number of aryl methyl sites for hydroxylation is 2. The molecule has 0 bridgehead atoms. The second kappa shape index (κ2) is 9.02. The summed E-state index contributed by atoms with van der Waals surface area (Å²) in [7, 11) is -6.42. The quantitative estimate of drug-likeness (QED) is 0.340. The normalized spacial score (nSPS) is 13.2. The zero-order chi connectivity index (χ0) is 19.9. The first-order chi connectivity index (χ1) is 11.2. The van der Waals surface area contributed by atoms with Crippen LogP contribution >= 0.6 is 0 Å². The Morgan fingerprint density at radius 1 is 1.24 bits per heavy atom. The van der Waals surface area contributed by atoms with Crippen molar-refractivity contribution < 1.29 is 44.4 Å². The fraction of sp³-hybridized carbons (Fsp3) is 0.538. The highest BCUT2D eigenvalue weighted by molar-refractivity contribution is 7.91. The first-order valence-corrected chi connectivity index (χ1v) is 8.26. The molecule has 1 heterocycles. The molecule has 1 aromatic heterocycles. The van der Waals surface area contributed by atoms with E-state index in [4.69, 9.17) is 0 Å². The van der Waals surface area contributed by atoms with Crippen LogP contribution in [0.25, 0.3) is 0 Å². The van der Waals surface area contributed by atoms with Gasteiger partial charge in [-0.15, -0.1) is 0 Å². The smallest absolute Gasteiger partial charge is 0.518 e. The summed E-state index contributed by atoms with van der Waals surface area (Å²) in [5.74, 6) is -3.32. The number of halogens is 6. The molecule has 0 N–H and O–H groups in total. The molecule has 0 fully saturated rings. The largest absolute Gasteiger partial charge is 0.855 e. The third-order valence-electron chi connectivity index (χ3n) is 2.51. The highest BCUT2D eigenvalue weighted by atomic mass is 32.2. The van der Waals surface area contributed by atoms with Crippen LogP contribution in [-0.4, -0.2) is 26.0 Å². The van der Waals surface area contributed by atoms with E-state index in [0.29, 0.717) is 0 Å². The highest BCUT2D eigenvalue weighted by Crippen LogP contribution is 2.26. The average molecular weight is 394 g/mol. The van der Waals surface area contributed by atoms with E-state index in [1.165, 1.54) is 18.4 Å². The standard InChI is InChI=1S/C10H16N.C3HF6NO3S/c1-3-4-7-11-8-5-6-10(2)9-11;4-2(5,6)1(11)10-14(12,13)3(7,8)9/h5-6,8-9H,3-4,7H2,1-2H3;(H,10,11)/q+1;/p-1. The predicted molar refractivity (Wildman–Crippen MR) is 74.7 cm³/mol. The van der Waals surface area contributed by atoms with Crippen molar-refractivity contribution in [2.24, 2.45) is 4.40 Å². The summed E-state index contributed by atoms with van der Waals surface area (Å²) >= 11 is 0. The van der Waals surface area contributed by atoms with Gasteiger partial charge in [0.25, 0.3) is 0 Å². The number of unbranched alkanes of at least 4 members (excludes halogenated alkanes) is 1. The second-order valence-corrected chi connectivity index (χ2v) is 6.38. The van der Waals surface area contributed by atoms with Crippen LogP contribution in [0, 0.1) is 6.92 Å². The monoisotopic (exact) mass is 394 g/mol. The number of rotatable bonds is 4. The number of nitrogens with zero attached hydrogens (tertiary/aromatic N) is 2. The van der Waals surface area contributed by atoms with Gasteiger partial charge in [0.1, 0.15) is 6.54 Å². The molecule has 12 heteroatoms. The topological polar surface area (TPSA) is 73.4 Å². The lowest BCUT2D eigenvalue weighted by Gasteiger charge is -2.14. The van der Waals surface area contributed by atoms with E-state index in [1.807, 2.05) is 0 Å². The Bertz CT molecular complexity index is 684. The molecule has 0 saturated carbocycles. The lowest BCUT2D eigenvalue weighted by atomic mass is 10.3. The summed E-state index contributed by atoms with van der Waals surface area (Å²) in [6.07, 6.45) is 1.10. The molecule has 0 radical (unpaired) electrons. The fourth-order valence-corrected chi connectivity index (χ4v) is 1.77. The molecule has 0 saturated heterocycles. The molecule has 25 heavy (non-hydrogen) atoms. The summed E-state index contributed by atoms with van der Waals surface area (Å²) in [6.45, 7) is 5.50. The van der Waals surface area contributed by atoms with Gasteiger partial charge in [-0.25, -0.2) is 4.57 Å². The third-order valence-corrected chi connectivity index (χ3v) is 3.51. The summed E-state index contributed by atoms with van der Waals surface area (Å²) in [5.41, 5.74) is -4.68. The van der Waals surface area contributed by atoms with Crippen molar-refractivity contribution in [2.75, 3.05) is 0 Å². The molecule has 0 aromatic carbocycles. The van der Waals surface area contributed by atoms with Gasteiger partial charge in [-0.2, -0.15) is 39.2 Å². The van der Waals surface area contributed by atoms with Crippen LogP contribution in [0.5, 0.6) is 0 Å². The van der Waals surface area contributed by atoms with Crippen molar-refractivity contribution >= 4 is 15.9 Å². The Morgan fingerprint density at radius 2 is 1.80 bits per heavy atom. The van der Waals surface area contributed by atoms with Gasteiger partial charge >= 0.3 is 21.7 Å². The SMILES string of the molecule is CCCC[n+]1cccc(C)c1.O=S(=O)(/N=C(\[O-])C(F)(F)F)C(F)(F)F. The average Bonchev–Trinajstić information content (AvgIpc) is 2.43. The lowest BCUT2D eigenvalue weighted by molar-refractivity contribution is -0.697. The van der Waals surface area contributed by atoms with Crippen molar-refractivity contribution in [3.8, 4) is 0 Å². The van der Waals surface area contributed by atoms with E-state index in [0.717, 1.165) is 10.9 Å². The zero-order valence-corrected chi connectivity index (χ0v) is 14.0. The van der Waals surface area contributed by atoms with Crippen LogP contribution in [0.4, 0.5) is 26.3 Å². The molecule has 144 valence electrons. The number of aromatic nitrogens is 1. The van der Waals surface area contributed by atoms with Gasteiger partial charge in [-0.1, -0.05) is 13.3 Å².